The van der Waals surface area contributed by atoms with Crippen LogP contribution in [0.3, 0.4) is 0 Å². The fourth-order valence-corrected chi connectivity index (χ4v) is 2.86. The summed E-state index contributed by atoms with van der Waals surface area (Å²) in [5.74, 6) is 0. The highest BCUT2D eigenvalue weighted by molar-refractivity contribution is 14.1. The molecule has 0 saturated carbocycles. The topological polar surface area (TPSA) is 34.1 Å². The van der Waals surface area contributed by atoms with Crippen molar-refractivity contribution in [1.82, 2.24) is 0 Å². The van der Waals surface area contributed by atoms with Crippen molar-refractivity contribution in [1.29, 1.82) is 0 Å². The molecule has 4 heteroatoms. The lowest BCUT2D eigenvalue weighted by molar-refractivity contribution is 0.604. The Morgan fingerprint density at radius 2 is 1.81 bits per heavy atom. The first kappa shape index (κ1) is 13.7. The molecule has 2 nitrogen and oxygen atoms in total. The van der Waals surface area contributed by atoms with Crippen LogP contribution in [-0.4, -0.2) is 12.8 Å². The second-order valence-electron chi connectivity index (χ2n) is 3.41. The summed E-state index contributed by atoms with van der Waals surface area (Å²) in [6.07, 6.45) is 4.75. The summed E-state index contributed by atoms with van der Waals surface area (Å²) in [6.45, 7) is 0. The fourth-order valence-electron chi connectivity index (χ4n) is 1.24. The first-order valence-corrected chi connectivity index (χ1v) is 8.26. The first-order chi connectivity index (χ1) is 7.67. The van der Waals surface area contributed by atoms with Gasteiger partial charge >= 0.3 is 0 Å². The van der Waals surface area contributed by atoms with Crippen LogP contribution >= 0.6 is 22.6 Å². The zero-order chi connectivity index (χ0) is 11.9. The molecule has 0 saturated heterocycles. The van der Waals surface area contributed by atoms with E-state index in [-0.39, 0.29) is 0 Å². The maximum absolute atomic E-state index is 11.8. The van der Waals surface area contributed by atoms with E-state index in [0.29, 0.717) is 4.90 Å². The zero-order valence-corrected chi connectivity index (χ0v) is 11.9. The van der Waals surface area contributed by atoms with E-state index in [0.717, 1.165) is 23.7 Å². The van der Waals surface area contributed by atoms with Crippen LogP contribution < -0.4 is 0 Å². The number of halogens is 1. The number of sulfone groups is 1. The Labute approximate surface area is 111 Å². The Morgan fingerprint density at radius 3 is 2.44 bits per heavy atom. The molecule has 0 bridgehead atoms. The van der Waals surface area contributed by atoms with E-state index in [9.17, 15) is 8.42 Å². The van der Waals surface area contributed by atoms with Crippen molar-refractivity contribution in [3.05, 3.63) is 41.8 Å². The molecule has 0 N–H and O–H groups in total. The van der Waals surface area contributed by atoms with Crippen molar-refractivity contribution < 1.29 is 8.42 Å². The van der Waals surface area contributed by atoms with Gasteiger partial charge in [0.05, 0.1) is 4.90 Å². The third-order valence-electron chi connectivity index (χ3n) is 2.10. The highest BCUT2D eigenvalue weighted by Gasteiger charge is 2.07. The molecular weight excluding hydrogens is 335 g/mol. The van der Waals surface area contributed by atoms with E-state index in [1.54, 1.807) is 30.3 Å². The van der Waals surface area contributed by atoms with Crippen LogP contribution in [0.5, 0.6) is 0 Å². The van der Waals surface area contributed by atoms with Crippen LogP contribution in [0.2, 0.25) is 0 Å². The lowest BCUT2D eigenvalue weighted by atomic mass is 10.2. The van der Waals surface area contributed by atoms with Crippen LogP contribution in [-0.2, 0) is 9.84 Å². The van der Waals surface area contributed by atoms with Gasteiger partial charge in [-0.3, -0.25) is 0 Å². The second kappa shape index (κ2) is 7.06. The van der Waals surface area contributed by atoms with Crippen molar-refractivity contribution in [2.24, 2.45) is 0 Å². The van der Waals surface area contributed by atoms with Crippen molar-refractivity contribution in [3.63, 3.8) is 0 Å². The minimum absolute atomic E-state index is 0.361. The molecule has 0 amide bonds. The number of allylic oxidation sites excluding steroid dienone is 1. The first-order valence-electron chi connectivity index (χ1n) is 5.19. The summed E-state index contributed by atoms with van der Waals surface area (Å²) >= 11 is 2.32. The molecule has 1 aromatic carbocycles. The minimum atomic E-state index is -3.23. The van der Waals surface area contributed by atoms with Gasteiger partial charge in [0.2, 0.25) is 0 Å². The smallest absolute Gasteiger partial charge is 0.199 e. The molecule has 1 rings (SSSR count). The normalized spacial score (nSPS) is 12.1. The quantitative estimate of drug-likeness (QED) is 0.447. The maximum atomic E-state index is 11.8. The van der Waals surface area contributed by atoms with Gasteiger partial charge < -0.3 is 0 Å². The Kier molecular flexibility index (Phi) is 6.05. The van der Waals surface area contributed by atoms with Crippen LogP contribution in [0.4, 0.5) is 0 Å². The summed E-state index contributed by atoms with van der Waals surface area (Å²) in [4.78, 5) is 0.361. The van der Waals surface area contributed by atoms with Gasteiger partial charge in [-0.1, -0.05) is 46.9 Å². The van der Waals surface area contributed by atoms with Gasteiger partial charge in [0, 0.05) is 5.41 Å². The monoisotopic (exact) mass is 350 g/mol. The fraction of sp³-hybridized carbons (Fsp3) is 0.333. The van der Waals surface area contributed by atoms with Gasteiger partial charge in [-0.2, -0.15) is 0 Å². The summed E-state index contributed by atoms with van der Waals surface area (Å²) in [7, 11) is -3.23. The van der Waals surface area contributed by atoms with Gasteiger partial charge in [-0.25, -0.2) is 8.42 Å². The molecular formula is C12H15IO2S. The number of benzene rings is 1. The number of alkyl halides is 1. The highest BCUT2D eigenvalue weighted by Crippen LogP contribution is 2.12. The number of rotatable bonds is 6. The second-order valence-corrected chi connectivity index (χ2v) is 6.33. The van der Waals surface area contributed by atoms with Crippen molar-refractivity contribution in [3.8, 4) is 0 Å². The van der Waals surface area contributed by atoms with Gasteiger partial charge in [0.25, 0.3) is 0 Å². The van der Waals surface area contributed by atoms with Crippen LogP contribution in [0.15, 0.2) is 46.7 Å². The standard InChI is InChI=1S/C12H15IO2S/c13-10-6-1-2-7-11-16(14,15)12-8-4-3-5-9-12/h3-5,7-9,11H,1-2,6,10H2/b11-7+. The largest absolute Gasteiger partial charge is 0.219 e. The molecule has 0 aliphatic rings. The summed E-state index contributed by atoms with van der Waals surface area (Å²) < 4.78 is 24.7. The highest BCUT2D eigenvalue weighted by atomic mass is 127. The third-order valence-corrected chi connectivity index (χ3v) is 4.34. The van der Waals surface area contributed by atoms with Crippen LogP contribution in [0, 0.1) is 0 Å². The number of unbranched alkanes of at least 4 members (excludes halogenated alkanes) is 2. The predicted octanol–water partition coefficient (Wildman–Crippen LogP) is 3.58. The SMILES string of the molecule is O=S(=O)(/C=C/CCCCI)c1ccccc1. The molecule has 0 fully saturated rings. The Bertz CT molecular complexity index is 424. The molecule has 0 spiro atoms. The van der Waals surface area contributed by atoms with E-state index in [4.69, 9.17) is 0 Å². The Morgan fingerprint density at radius 1 is 1.12 bits per heavy atom. The average molecular weight is 350 g/mol. The predicted molar refractivity (Wildman–Crippen MR) is 75.5 cm³/mol. The summed E-state index contributed by atoms with van der Waals surface area (Å²) in [6, 6.07) is 8.51. The van der Waals surface area contributed by atoms with Crippen LogP contribution in [0.25, 0.3) is 0 Å². The summed E-state index contributed by atoms with van der Waals surface area (Å²) in [5.41, 5.74) is 0. The average Bonchev–Trinajstić information content (AvgIpc) is 2.30. The molecule has 1 aromatic rings. The van der Waals surface area contributed by atoms with E-state index in [1.807, 2.05) is 6.07 Å². The van der Waals surface area contributed by atoms with Gasteiger partial charge in [-0.05, 0) is 35.8 Å². The van der Waals surface area contributed by atoms with E-state index in [2.05, 4.69) is 22.6 Å². The number of hydrogen-bond acceptors (Lipinski definition) is 2. The minimum Gasteiger partial charge on any atom is -0.219 e. The lowest BCUT2D eigenvalue weighted by Crippen LogP contribution is -1.95. The molecule has 0 atom stereocenters. The van der Waals surface area contributed by atoms with E-state index >= 15 is 0 Å². The van der Waals surface area contributed by atoms with E-state index < -0.39 is 9.84 Å². The summed E-state index contributed by atoms with van der Waals surface area (Å²) in [5, 5.41) is 1.32. The molecule has 0 aliphatic carbocycles. The van der Waals surface area contributed by atoms with Crippen molar-refractivity contribution in [2.75, 3.05) is 4.43 Å². The molecule has 88 valence electrons. The molecule has 0 unspecified atom stereocenters. The molecule has 0 radical (unpaired) electrons. The van der Waals surface area contributed by atoms with E-state index in [1.165, 1.54) is 5.41 Å². The van der Waals surface area contributed by atoms with Gasteiger partial charge in [-0.15, -0.1) is 0 Å². The van der Waals surface area contributed by atoms with Gasteiger partial charge in [0.1, 0.15) is 0 Å². The lowest BCUT2D eigenvalue weighted by Gasteiger charge is -1.97. The Hall–Kier alpha value is -0.360. The Balaban J connectivity index is 2.59. The maximum Gasteiger partial charge on any atom is 0.199 e. The molecule has 0 aliphatic heterocycles. The molecule has 16 heavy (non-hydrogen) atoms. The van der Waals surface area contributed by atoms with Crippen molar-refractivity contribution >= 4 is 32.4 Å². The molecule has 0 aromatic heterocycles. The third kappa shape index (κ3) is 4.65. The van der Waals surface area contributed by atoms with Crippen molar-refractivity contribution in [2.45, 2.75) is 24.2 Å². The van der Waals surface area contributed by atoms with Gasteiger partial charge in [0.15, 0.2) is 9.84 Å². The number of hydrogen-bond donors (Lipinski definition) is 0. The molecule has 0 heterocycles. The zero-order valence-electron chi connectivity index (χ0n) is 8.97. The van der Waals surface area contributed by atoms with Crippen LogP contribution in [0.1, 0.15) is 19.3 Å².